The zero-order valence-corrected chi connectivity index (χ0v) is 20.1. The average Bonchev–Trinajstić information content (AvgIpc) is 2.69. The van der Waals surface area contributed by atoms with Crippen molar-refractivity contribution >= 4 is 16.3 Å². The molecule has 0 saturated carbocycles. The molecule has 0 atom stereocenters. The van der Waals surface area contributed by atoms with Crippen LogP contribution < -0.4 is 5.73 Å². The minimum atomic E-state index is -3.68. The van der Waals surface area contributed by atoms with Gasteiger partial charge in [-0.25, -0.2) is 4.18 Å². The molecule has 6 nitrogen and oxygen atoms in total. The normalized spacial score (nSPS) is 11.1. The van der Waals surface area contributed by atoms with Gasteiger partial charge < -0.3 is 5.73 Å². The summed E-state index contributed by atoms with van der Waals surface area (Å²) >= 11 is 0. The van der Waals surface area contributed by atoms with Crippen molar-refractivity contribution in [1.29, 1.82) is 0 Å². The van der Waals surface area contributed by atoms with E-state index in [-0.39, 0.29) is 12.5 Å². The molecule has 0 spiro atoms. The summed E-state index contributed by atoms with van der Waals surface area (Å²) in [4.78, 5) is 10.6. The number of rotatable bonds is 20. The van der Waals surface area contributed by atoms with Crippen LogP contribution in [0.4, 0.5) is 0 Å². The largest absolute Gasteiger partial charge is 0.399 e. The maximum atomic E-state index is 10.6. The number of hydrogen-bond donors (Lipinski definition) is 1. The number of carbonyl (C=O) groups excluding carboxylic acids is 1. The minimum Gasteiger partial charge on any atom is -0.370 e. The van der Waals surface area contributed by atoms with E-state index in [0.717, 1.165) is 13.5 Å². The molecule has 0 aliphatic heterocycles. The third-order valence-corrected chi connectivity index (χ3v) is 5.53. The second-order valence-corrected chi connectivity index (χ2v) is 8.95. The third kappa shape index (κ3) is 29.6. The van der Waals surface area contributed by atoms with E-state index in [4.69, 9.17) is 5.73 Å². The van der Waals surface area contributed by atoms with Crippen molar-refractivity contribution in [1.82, 2.24) is 0 Å². The average molecular weight is 438 g/mol. The number of carbonyl (C=O) groups is 1. The summed E-state index contributed by atoms with van der Waals surface area (Å²) in [5.74, 6) is -0.153. The lowest BCUT2D eigenvalue weighted by Crippen LogP contribution is -2.09. The van der Waals surface area contributed by atoms with Gasteiger partial charge in [-0.3, -0.25) is 8.98 Å². The predicted octanol–water partition coefficient (Wildman–Crippen LogP) is 6.04. The van der Waals surface area contributed by atoms with Crippen molar-refractivity contribution in [2.45, 2.75) is 123 Å². The fourth-order valence-corrected chi connectivity index (χ4v) is 3.37. The first-order chi connectivity index (χ1) is 13.9. The molecule has 7 heteroatoms. The summed E-state index contributed by atoms with van der Waals surface area (Å²) < 4.78 is 28.9. The summed E-state index contributed by atoms with van der Waals surface area (Å²) in [6, 6.07) is 0. The van der Waals surface area contributed by atoms with E-state index >= 15 is 0 Å². The van der Waals surface area contributed by atoms with E-state index in [1.54, 1.807) is 0 Å². The summed E-state index contributed by atoms with van der Waals surface area (Å²) in [5.41, 5.74) is 5.11. The lowest BCUT2D eigenvalue weighted by Gasteiger charge is -2.03. The molecule has 1 amide bonds. The van der Waals surface area contributed by atoms with E-state index in [2.05, 4.69) is 15.3 Å². The van der Waals surface area contributed by atoms with Gasteiger partial charge in [-0.15, -0.1) is 0 Å². The molecule has 0 heterocycles. The van der Waals surface area contributed by atoms with Gasteiger partial charge in [0.25, 0.3) is 0 Å². The van der Waals surface area contributed by atoms with Crippen LogP contribution in [0.1, 0.15) is 123 Å². The molecule has 0 radical (unpaired) electrons. The molecule has 29 heavy (non-hydrogen) atoms. The number of amides is 1. The molecule has 0 rings (SSSR count). The van der Waals surface area contributed by atoms with Crippen molar-refractivity contribution in [3.8, 4) is 0 Å². The topological polar surface area (TPSA) is 95.7 Å². The highest BCUT2D eigenvalue weighted by molar-refractivity contribution is 7.81. The Balaban J connectivity index is 0. The van der Waals surface area contributed by atoms with Crippen LogP contribution in [0.25, 0.3) is 0 Å². The third-order valence-electron chi connectivity index (χ3n) is 4.66. The molecule has 0 aromatic rings. The van der Waals surface area contributed by atoms with Crippen molar-refractivity contribution < 1.29 is 21.6 Å². The van der Waals surface area contributed by atoms with Crippen LogP contribution in [-0.2, 0) is 23.6 Å². The number of nitrogens with two attached hydrogens (primary N) is 1. The van der Waals surface area contributed by atoms with Crippen LogP contribution in [-0.4, -0.2) is 28.0 Å². The molecular formula is C22H47NO5S. The lowest BCUT2D eigenvalue weighted by atomic mass is 10.0. The number of unbranched alkanes of at least 4 members (excludes halogenated alkanes) is 14. The van der Waals surface area contributed by atoms with Gasteiger partial charge in [-0.2, -0.15) is 8.42 Å². The number of primary amides is 1. The maximum absolute atomic E-state index is 10.6. The van der Waals surface area contributed by atoms with Gasteiger partial charge >= 0.3 is 10.4 Å². The van der Waals surface area contributed by atoms with Gasteiger partial charge in [-0.1, -0.05) is 104 Å². The Hall–Kier alpha value is -0.660. The fourth-order valence-electron chi connectivity index (χ4n) is 2.90. The quantitative estimate of drug-likeness (QED) is 0.234. The Kier molecular flexibility index (Phi) is 24.9. The van der Waals surface area contributed by atoms with Gasteiger partial charge in [0.2, 0.25) is 5.91 Å². The van der Waals surface area contributed by atoms with Crippen molar-refractivity contribution in [2.24, 2.45) is 5.73 Å². The van der Waals surface area contributed by atoms with Gasteiger partial charge in [0.15, 0.2) is 0 Å². The summed E-state index contributed by atoms with van der Waals surface area (Å²) in [5, 5.41) is 0. The Morgan fingerprint density at radius 2 is 1.07 bits per heavy atom. The van der Waals surface area contributed by atoms with Crippen LogP contribution in [0, 0.1) is 0 Å². The van der Waals surface area contributed by atoms with Crippen LogP contribution in [0.5, 0.6) is 0 Å². The van der Waals surface area contributed by atoms with E-state index in [1.807, 2.05) is 6.92 Å². The molecule has 0 unspecified atom stereocenters. The molecule has 176 valence electrons. The minimum absolute atomic E-state index is 0.153. The molecule has 0 bridgehead atoms. The second kappa shape index (κ2) is 23.6. The first-order valence-corrected chi connectivity index (χ1v) is 13.0. The highest BCUT2D eigenvalue weighted by atomic mass is 32.3. The van der Waals surface area contributed by atoms with Crippen molar-refractivity contribution in [2.75, 3.05) is 13.7 Å². The standard InChI is InChI=1S/C18H37NO.C4H10O4S/c1-2-3-4-5-6-7-8-9-10-11-12-13-14-15-16-17-18(19)20;1-3-4-8-9(5,6)7-2/h2-17H2,1H3,(H2,19,20);3-4H2,1-2H3. The fraction of sp³-hybridized carbons (Fsp3) is 0.955. The first kappa shape index (κ1) is 30.5. The summed E-state index contributed by atoms with van der Waals surface area (Å²) in [6.07, 6.45) is 21.5. The van der Waals surface area contributed by atoms with E-state index in [1.165, 1.54) is 89.9 Å². The zero-order chi connectivity index (χ0) is 22.2. The van der Waals surface area contributed by atoms with E-state index in [0.29, 0.717) is 12.8 Å². The molecule has 0 aromatic heterocycles. The van der Waals surface area contributed by atoms with Crippen LogP contribution >= 0.6 is 0 Å². The van der Waals surface area contributed by atoms with Crippen LogP contribution in [0.15, 0.2) is 0 Å². The Bertz CT molecular complexity index is 440. The summed E-state index contributed by atoms with van der Waals surface area (Å²) in [7, 11) is -2.62. The van der Waals surface area contributed by atoms with Crippen LogP contribution in [0.2, 0.25) is 0 Å². The monoisotopic (exact) mass is 437 g/mol. The predicted molar refractivity (Wildman–Crippen MR) is 121 cm³/mol. The van der Waals surface area contributed by atoms with Crippen molar-refractivity contribution in [3.63, 3.8) is 0 Å². The second-order valence-electron chi connectivity index (χ2n) is 7.56. The van der Waals surface area contributed by atoms with Gasteiger partial charge in [0.1, 0.15) is 0 Å². The molecule has 2 N–H and O–H groups in total. The highest BCUT2D eigenvalue weighted by Crippen LogP contribution is 2.13. The van der Waals surface area contributed by atoms with E-state index in [9.17, 15) is 13.2 Å². The molecular weight excluding hydrogens is 390 g/mol. The lowest BCUT2D eigenvalue weighted by molar-refractivity contribution is -0.118. The zero-order valence-electron chi connectivity index (χ0n) is 19.3. The van der Waals surface area contributed by atoms with Gasteiger partial charge in [0.05, 0.1) is 13.7 Å². The first-order valence-electron chi connectivity index (χ1n) is 11.6. The Morgan fingerprint density at radius 1 is 0.690 bits per heavy atom. The molecule has 0 aromatic carbocycles. The number of hydrogen-bond acceptors (Lipinski definition) is 5. The van der Waals surface area contributed by atoms with E-state index < -0.39 is 10.4 Å². The van der Waals surface area contributed by atoms with Crippen molar-refractivity contribution in [3.05, 3.63) is 0 Å². The Morgan fingerprint density at radius 3 is 1.38 bits per heavy atom. The van der Waals surface area contributed by atoms with Gasteiger partial charge in [0, 0.05) is 6.42 Å². The molecule has 0 aliphatic carbocycles. The Labute approximate surface area is 180 Å². The van der Waals surface area contributed by atoms with Gasteiger partial charge in [-0.05, 0) is 12.8 Å². The highest BCUT2D eigenvalue weighted by Gasteiger charge is 2.05. The van der Waals surface area contributed by atoms with Crippen LogP contribution in [0.3, 0.4) is 0 Å². The summed E-state index contributed by atoms with van der Waals surface area (Å²) in [6.45, 7) is 4.26. The SMILES string of the molecule is CCCCCCCCCCCCCCCCCC(N)=O.CCCOS(=O)(=O)OC. The molecule has 0 saturated heterocycles. The molecule has 0 aliphatic rings. The maximum Gasteiger partial charge on any atom is 0.399 e. The smallest absolute Gasteiger partial charge is 0.370 e. The molecule has 0 fully saturated rings.